The molecule has 1 amide bonds. The molecule has 3 aromatic rings. The monoisotopic (exact) mass is 586 g/mol. The van der Waals surface area contributed by atoms with Crippen molar-refractivity contribution in [1.29, 1.82) is 0 Å². The van der Waals surface area contributed by atoms with Gasteiger partial charge < -0.3 is 15.0 Å². The Morgan fingerprint density at radius 2 is 1.88 bits per heavy atom. The Morgan fingerprint density at radius 1 is 1.10 bits per heavy atom. The van der Waals surface area contributed by atoms with Gasteiger partial charge in [-0.05, 0) is 59.7 Å². The average Bonchev–Trinajstić information content (AvgIpc) is 3.78. The highest BCUT2D eigenvalue weighted by Gasteiger charge is 2.49. The van der Waals surface area contributed by atoms with Gasteiger partial charge in [-0.2, -0.15) is 13.2 Å². The van der Waals surface area contributed by atoms with E-state index in [1.54, 1.807) is 18.5 Å². The fourth-order valence-corrected chi connectivity index (χ4v) is 5.76. The normalized spacial score (nSPS) is 20.0. The number of aliphatic hydroxyl groups is 1. The maximum absolute atomic E-state index is 13.6. The topological polar surface area (TPSA) is 99.2 Å². The molecule has 1 aliphatic heterocycles. The van der Waals surface area contributed by atoms with Crippen molar-refractivity contribution in [3.05, 3.63) is 98.5 Å². The third-order valence-electron chi connectivity index (χ3n) is 8.42. The number of alkyl halides is 5. The molecule has 3 aliphatic rings. The standard InChI is InChI=1S/C30H27F5N4O3/c31-29(32)7-4-17(5-8-29)19-13-21(15-36-14-19)28(9-10-28)27-37-23-6-11-39(16-22(23)25(41)38-27)26(42)24(40)18-2-1-3-20(12-18)30(33,34)35/h1-4,12-15,24,40H,5-11,16H2,(H,37,38,41)/t24-/m1/s1. The van der Waals surface area contributed by atoms with Crippen LogP contribution < -0.4 is 5.56 Å². The van der Waals surface area contributed by atoms with Gasteiger partial charge in [0, 0.05) is 38.2 Å². The lowest BCUT2D eigenvalue weighted by Gasteiger charge is -2.30. The average molecular weight is 587 g/mol. The van der Waals surface area contributed by atoms with Gasteiger partial charge in [-0.25, -0.2) is 13.8 Å². The summed E-state index contributed by atoms with van der Waals surface area (Å²) in [5.41, 5.74) is 1.01. The first-order valence-corrected chi connectivity index (χ1v) is 13.7. The van der Waals surface area contributed by atoms with E-state index in [9.17, 15) is 36.6 Å². The van der Waals surface area contributed by atoms with Crippen molar-refractivity contribution in [1.82, 2.24) is 19.9 Å². The summed E-state index contributed by atoms with van der Waals surface area (Å²) in [6.07, 6.45) is -0.172. The number of pyridine rings is 1. The van der Waals surface area contributed by atoms with Gasteiger partial charge in [0.15, 0.2) is 6.10 Å². The van der Waals surface area contributed by atoms with Crippen molar-refractivity contribution in [3.63, 3.8) is 0 Å². The molecule has 220 valence electrons. The maximum Gasteiger partial charge on any atom is 0.416 e. The van der Waals surface area contributed by atoms with Gasteiger partial charge in [-0.15, -0.1) is 0 Å². The number of benzene rings is 1. The number of nitrogens with zero attached hydrogens (tertiary/aromatic N) is 3. The number of aromatic amines is 1. The largest absolute Gasteiger partial charge is 0.416 e. The fourth-order valence-electron chi connectivity index (χ4n) is 5.76. The number of nitrogens with one attached hydrogen (secondary N) is 1. The van der Waals surface area contributed by atoms with Crippen LogP contribution in [-0.4, -0.2) is 43.3 Å². The number of fused-ring (bicyclic) bond motifs is 1. The van der Waals surface area contributed by atoms with Gasteiger partial charge in [0.1, 0.15) is 5.82 Å². The molecule has 1 saturated carbocycles. The van der Waals surface area contributed by atoms with Crippen molar-refractivity contribution in [2.75, 3.05) is 6.54 Å². The molecule has 0 spiro atoms. The first-order chi connectivity index (χ1) is 19.9. The number of carbonyl (C=O) groups is 1. The van der Waals surface area contributed by atoms with Gasteiger partial charge in [0.05, 0.1) is 28.8 Å². The molecule has 2 aromatic heterocycles. The SMILES string of the molecule is O=C([C@H](O)c1cccc(C(F)(F)F)c1)N1CCc2nc(C3(c4cncc(C5=CCC(F)(F)CC5)c4)CC3)[nH]c(=O)c2C1. The van der Waals surface area contributed by atoms with Crippen LogP contribution in [0, 0.1) is 0 Å². The summed E-state index contributed by atoms with van der Waals surface area (Å²) in [4.78, 5) is 39.4. The molecule has 3 heterocycles. The van der Waals surface area contributed by atoms with E-state index in [-0.39, 0.29) is 49.9 Å². The molecule has 6 rings (SSSR count). The van der Waals surface area contributed by atoms with Crippen LogP contribution in [0.2, 0.25) is 0 Å². The number of aromatic nitrogens is 3. The highest BCUT2D eigenvalue weighted by atomic mass is 19.4. The van der Waals surface area contributed by atoms with E-state index in [0.717, 1.165) is 34.9 Å². The molecule has 1 aromatic carbocycles. The van der Waals surface area contributed by atoms with Crippen LogP contribution in [-0.2, 0) is 29.4 Å². The summed E-state index contributed by atoms with van der Waals surface area (Å²) in [6, 6.07) is 5.88. The molecule has 42 heavy (non-hydrogen) atoms. The lowest BCUT2D eigenvalue weighted by molar-refractivity contribution is -0.142. The first kappa shape index (κ1) is 28.2. The van der Waals surface area contributed by atoms with Crippen LogP contribution in [0.15, 0.2) is 53.6 Å². The molecular formula is C30H27F5N4O3. The molecule has 0 saturated heterocycles. The van der Waals surface area contributed by atoms with Crippen molar-refractivity contribution >= 4 is 11.5 Å². The van der Waals surface area contributed by atoms with E-state index >= 15 is 0 Å². The maximum atomic E-state index is 13.6. The molecule has 0 unspecified atom stereocenters. The molecule has 12 heteroatoms. The number of rotatable bonds is 5. The summed E-state index contributed by atoms with van der Waals surface area (Å²) < 4.78 is 66.6. The van der Waals surface area contributed by atoms with Crippen LogP contribution in [0.25, 0.3) is 5.57 Å². The zero-order valence-corrected chi connectivity index (χ0v) is 22.3. The summed E-state index contributed by atoms with van der Waals surface area (Å²) >= 11 is 0. The highest BCUT2D eigenvalue weighted by Crippen LogP contribution is 2.52. The zero-order valence-electron chi connectivity index (χ0n) is 22.3. The second kappa shape index (κ2) is 10.1. The Labute approximate surface area is 237 Å². The van der Waals surface area contributed by atoms with E-state index in [1.165, 1.54) is 11.0 Å². The van der Waals surface area contributed by atoms with Crippen LogP contribution in [0.1, 0.15) is 77.5 Å². The minimum Gasteiger partial charge on any atom is -0.378 e. The van der Waals surface area contributed by atoms with Gasteiger partial charge in [0.2, 0.25) is 0 Å². The van der Waals surface area contributed by atoms with Crippen LogP contribution >= 0.6 is 0 Å². The van der Waals surface area contributed by atoms with Gasteiger partial charge in [-0.3, -0.25) is 14.6 Å². The molecule has 1 fully saturated rings. The fraction of sp³-hybridized carbons (Fsp3) is 0.400. The van der Waals surface area contributed by atoms with Crippen molar-refractivity contribution in [2.24, 2.45) is 0 Å². The van der Waals surface area contributed by atoms with E-state index in [1.807, 2.05) is 6.07 Å². The lowest BCUT2D eigenvalue weighted by atomic mass is 9.89. The minimum atomic E-state index is -4.62. The number of allylic oxidation sites excluding steroid dienone is 2. The zero-order chi connectivity index (χ0) is 29.9. The Kier molecular flexibility index (Phi) is 6.79. The van der Waals surface area contributed by atoms with E-state index in [0.29, 0.717) is 24.4 Å². The lowest BCUT2D eigenvalue weighted by Crippen LogP contribution is -2.42. The Balaban J connectivity index is 1.22. The van der Waals surface area contributed by atoms with Crippen molar-refractivity contribution in [2.45, 2.75) is 68.7 Å². The first-order valence-electron chi connectivity index (χ1n) is 13.7. The van der Waals surface area contributed by atoms with Crippen LogP contribution in [0.4, 0.5) is 22.0 Å². The predicted molar refractivity (Wildman–Crippen MR) is 141 cm³/mol. The smallest absolute Gasteiger partial charge is 0.378 e. The third-order valence-corrected chi connectivity index (χ3v) is 8.42. The Morgan fingerprint density at radius 3 is 2.57 bits per heavy atom. The summed E-state index contributed by atoms with van der Waals surface area (Å²) in [6.45, 7) is -0.0177. The van der Waals surface area contributed by atoms with Crippen LogP contribution in [0.5, 0.6) is 0 Å². The Bertz CT molecular complexity index is 1640. The summed E-state index contributed by atoms with van der Waals surface area (Å²) in [5.74, 6) is -3.03. The predicted octanol–water partition coefficient (Wildman–Crippen LogP) is 5.08. The molecule has 0 bridgehead atoms. The molecule has 0 radical (unpaired) electrons. The van der Waals surface area contributed by atoms with Gasteiger partial charge >= 0.3 is 6.18 Å². The van der Waals surface area contributed by atoms with Crippen molar-refractivity contribution < 1.29 is 31.9 Å². The van der Waals surface area contributed by atoms with Gasteiger partial charge in [0.25, 0.3) is 17.4 Å². The van der Waals surface area contributed by atoms with Crippen molar-refractivity contribution in [3.8, 4) is 0 Å². The molecule has 2 aliphatic carbocycles. The molecular weight excluding hydrogens is 559 g/mol. The highest BCUT2D eigenvalue weighted by molar-refractivity contribution is 5.82. The quantitative estimate of drug-likeness (QED) is 0.406. The second-order valence-electron chi connectivity index (χ2n) is 11.2. The summed E-state index contributed by atoms with van der Waals surface area (Å²) in [7, 11) is 0. The number of hydrogen-bond donors (Lipinski definition) is 2. The summed E-state index contributed by atoms with van der Waals surface area (Å²) in [5, 5.41) is 10.6. The van der Waals surface area contributed by atoms with E-state index in [2.05, 4.69) is 9.97 Å². The molecule has 2 N–H and O–H groups in total. The number of halogens is 5. The molecule has 7 nitrogen and oxygen atoms in total. The van der Waals surface area contributed by atoms with E-state index < -0.39 is 40.6 Å². The third kappa shape index (κ3) is 5.23. The number of hydrogen-bond acceptors (Lipinski definition) is 5. The Hall–Kier alpha value is -3.93. The van der Waals surface area contributed by atoms with Crippen LogP contribution in [0.3, 0.4) is 0 Å². The van der Waals surface area contributed by atoms with Gasteiger partial charge in [-0.1, -0.05) is 18.2 Å². The van der Waals surface area contributed by atoms with E-state index in [4.69, 9.17) is 4.98 Å². The number of aliphatic hydroxyl groups excluding tert-OH is 1. The number of H-pyrrole nitrogens is 1. The minimum absolute atomic E-state index is 0.126. The number of amides is 1. The molecule has 1 atom stereocenters. The number of carbonyl (C=O) groups excluding carboxylic acids is 1. The second-order valence-corrected chi connectivity index (χ2v) is 11.2.